The van der Waals surface area contributed by atoms with Gasteiger partial charge in [-0.05, 0) is 12.5 Å². The molecule has 0 bridgehead atoms. The number of pyridine rings is 1. The molecule has 29 heavy (non-hydrogen) atoms. The van der Waals surface area contributed by atoms with Gasteiger partial charge in [-0.2, -0.15) is 4.98 Å². The Morgan fingerprint density at radius 1 is 1.45 bits per heavy atom. The summed E-state index contributed by atoms with van der Waals surface area (Å²) in [5, 5.41) is 6.96. The number of aliphatic imine (C=N–C) groups is 1. The lowest BCUT2D eigenvalue weighted by Gasteiger charge is -2.31. The van der Waals surface area contributed by atoms with Crippen LogP contribution in [0.2, 0.25) is 0 Å². The smallest absolute Gasteiger partial charge is 0.274 e. The number of carbonyl (C=O) groups excluding carboxylic acids is 2. The standard InChI is InChI=1S/C18H23FN8O2/c1-21-15(13(11-20)17(29)26-6-3-7-26)16(28)22-12-4-8-27-14(10-12)23-18(24-27)25(2)9-5-19/h4,8,10-11H,3,5-7,9,20H2,1-2H3,(H,22,28). The number of fused-ring (bicyclic) bond motifs is 1. The first-order valence-corrected chi connectivity index (χ1v) is 9.11. The first-order valence-electron chi connectivity index (χ1n) is 9.11. The van der Waals surface area contributed by atoms with Crippen molar-refractivity contribution in [3.63, 3.8) is 0 Å². The highest BCUT2D eigenvalue weighted by atomic mass is 19.1. The van der Waals surface area contributed by atoms with E-state index in [0.29, 0.717) is 30.4 Å². The molecule has 10 nitrogen and oxygen atoms in total. The summed E-state index contributed by atoms with van der Waals surface area (Å²) >= 11 is 0. The van der Waals surface area contributed by atoms with Gasteiger partial charge in [0.2, 0.25) is 5.95 Å². The highest BCUT2D eigenvalue weighted by molar-refractivity contribution is 6.53. The first-order chi connectivity index (χ1) is 14.0. The third-order valence-electron chi connectivity index (χ3n) is 4.58. The van der Waals surface area contributed by atoms with Crippen LogP contribution in [0.1, 0.15) is 6.42 Å². The van der Waals surface area contributed by atoms with Crippen LogP contribution in [0.25, 0.3) is 5.65 Å². The molecule has 1 aliphatic heterocycles. The molecule has 11 heteroatoms. The van der Waals surface area contributed by atoms with Gasteiger partial charge in [-0.25, -0.2) is 8.91 Å². The normalized spacial score (nSPS) is 14.7. The number of nitrogens with one attached hydrogen (secondary N) is 1. The zero-order valence-electron chi connectivity index (χ0n) is 16.3. The number of nitrogens with zero attached hydrogens (tertiary/aromatic N) is 6. The van der Waals surface area contributed by atoms with E-state index in [1.165, 1.54) is 11.6 Å². The summed E-state index contributed by atoms with van der Waals surface area (Å²) in [7, 11) is 3.12. The van der Waals surface area contributed by atoms with Crippen molar-refractivity contribution < 1.29 is 14.0 Å². The summed E-state index contributed by atoms with van der Waals surface area (Å²) in [5.41, 5.74) is 6.54. The molecule has 0 aliphatic carbocycles. The van der Waals surface area contributed by atoms with Gasteiger partial charge in [-0.15, -0.1) is 5.10 Å². The minimum Gasteiger partial charge on any atom is -0.404 e. The molecule has 0 radical (unpaired) electrons. The van der Waals surface area contributed by atoms with Crippen molar-refractivity contribution >= 4 is 34.8 Å². The molecule has 0 atom stereocenters. The number of alkyl halides is 1. The fraction of sp³-hybridized carbons (Fsp3) is 0.389. The number of carbonyl (C=O) groups is 2. The maximum absolute atomic E-state index is 12.7. The summed E-state index contributed by atoms with van der Waals surface area (Å²) in [6, 6.07) is 3.25. The topological polar surface area (TPSA) is 121 Å². The van der Waals surface area contributed by atoms with Crippen molar-refractivity contribution in [2.75, 3.05) is 50.6 Å². The van der Waals surface area contributed by atoms with Crippen LogP contribution in [-0.4, -0.2) is 77.4 Å². The Labute approximate surface area is 166 Å². The van der Waals surface area contributed by atoms with E-state index in [0.717, 1.165) is 12.6 Å². The second-order valence-corrected chi connectivity index (χ2v) is 6.49. The molecule has 0 spiro atoms. The fourth-order valence-electron chi connectivity index (χ4n) is 2.81. The Morgan fingerprint density at radius 2 is 2.21 bits per heavy atom. The fourth-order valence-corrected chi connectivity index (χ4v) is 2.81. The van der Waals surface area contributed by atoms with E-state index in [4.69, 9.17) is 5.73 Å². The number of amides is 2. The van der Waals surface area contributed by atoms with Gasteiger partial charge in [0.05, 0.1) is 5.57 Å². The van der Waals surface area contributed by atoms with Crippen molar-refractivity contribution in [1.82, 2.24) is 19.5 Å². The van der Waals surface area contributed by atoms with Crippen LogP contribution in [0.4, 0.5) is 16.0 Å². The lowest BCUT2D eigenvalue weighted by molar-refractivity contribution is -0.130. The maximum Gasteiger partial charge on any atom is 0.274 e. The van der Waals surface area contributed by atoms with Crippen LogP contribution >= 0.6 is 0 Å². The molecule has 0 aromatic carbocycles. The average Bonchev–Trinajstić information content (AvgIpc) is 3.08. The number of halogens is 1. The number of hydrogen-bond acceptors (Lipinski definition) is 7. The molecule has 0 unspecified atom stereocenters. The van der Waals surface area contributed by atoms with Crippen molar-refractivity contribution in [3.05, 3.63) is 30.1 Å². The number of rotatable bonds is 7. The Hall–Kier alpha value is -3.50. The van der Waals surface area contributed by atoms with E-state index in [2.05, 4.69) is 20.4 Å². The van der Waals surface area contributed by atoms with Gasteiger partial charge in [-0.3, -0.25) is 14.6 Å². The quantitative estimate of drug-likeness (QED) is 0.505. The molecule has 2 aromatic heterocycles. The van der Waals surface area contributed by atoms with Crippen LogP contribution in [0.3, 0.4) is 0 Å². The number of hydrogen-bond donors (Lipinski definition) is 2. The third-order valence-corrected chi connectivity index (χ3v) is 4.58. The number of likely N-dealkylation sites (tertiary alicyclic amines) is 1. The minimum absolute atomic E-state index is 0.0471. The van der Waals surface area contributed by atoms with Gasteiger partial charge in [0.1, 0.15) is 12.4 Å². The zero-order chi connectivity index (χ0) is 21.0. The van der Waals surface area contributed by atoms with Gasteiger partial charge < -0.3 is 20.9 Å². The Morgan fingerprint density at radius 3 is 2.79 bits per heavy atom. The number of aromatic nitrogens is 3. The summed E-state index contributed by atoms with van der Waals surface area (Å²) < 4.78 is 14.0. The van der Waals surface area contributed by atoms with Gasteiger partial charge in [0.25, 0.3) is 11.8 Å². The first kappa shape index (κ1) is 20.2. The van der Waals surface area contributed by atoms with Gasteiger partial charge in [-0.1, -0.05) is 0 Å². The zero-order valence-corrected chi connectivity index (χ0v) is 16.3. The van der Waals surface area contributed by atoms with Crippen LogP contribution < -0.4 is 16.0 Å². The van der Waals surface area contributed by atoms with Gasteiger partial charge in [0.15, 0.2) is 5.65 Å². The Kier molecular flexibility index (Phi) is 6.05. The molecule has 3 heterocycles. The molecular weight excluding hydrogens is 379 g/mol. The number of nitrogens with two attached hydrogens (primary N) is 1. The van der Waals surface area contributed by atoms with Crippen molar-refractivity contribution in [3.8, 4) is 0 Å². The van der Waals surface area contributed by atoms with E-state index >= 15 is 0 Å². The molecule has 1 saturated heterocycles. The largest absolute Gasteiger partial charge is 0.404 e. The lowest BCUT2D eigenvalue weighted by Crippen LogP contribution is -2.45. The lowest BCUT2D eigenvalue weighted by atomic mass is 10.1. The molecule has 3 N–H and O–H groups in total. The highest BCUT2D eigenvalue weighted by Crippen LogP contribution is 2.16. The van der Waals surface area contributed by atoms with E-state index in [1.54, 1.807) is 35.2 Å². The predicted molar refractivity (Wildman–Crippen MR) is 108 cm³/mol. The van der Waals surface area contributed by atoms with Gasteiger partial charge >= 0.3 is 0 Å². The van der Waals surface area contributed by atoms with Crippen molar-refractivity contribution in [1.29, 1.82) is 0 Å². The second kappa shape index (κ2) is 8.67. The van der Waals surface area contributed by atoms with Crippen molar-refractivity contribution in [2.45, 2.75) is 6.42 Å². The van der Waals surface area contributed by atoms with Crippen LogP contribution in [-0.2, 0) is 9.59 Å². The van der Waals surface area contributed by atoms with Crippen LogP contribution in [0, 0.1) is 0 Å². The molecule has 2 amide bonds. The van der Waals surface area contributed by atoms with Crippen LogP contribution in [0.15, 0.2) is 35.1 Å². The molecule has 1 aliphatic rings. The van der Waals surface area contributed by atoms with E-state index in [9.17, 15) is 14.0 Å². The SMILES string of the molecule is CN=C(C(=O)Nc1ccn2nc(N(C)CCF)nc2c1)C(=CN)C(=O)N1CCC1. The van der Waals surface area contributed by atoms with E-state index < -0.39 is 12.6 Å². The average molecular weight is 402 g/mol. The molecule has 0 saturated carbocycles. The summed E-state index contributed by atoms with van der Waals surface area (Å²) in [6.07, 6.45) is 3.66. The third kappa shape index (κ3) is 4.18. The molecule has 2 aromatic rings. The maximum atomic E-state index is 12.7. The predicted octanol–water partition coefficient (Wildman–Crippen LogP) is 0.219. The van der Waals surface area contributed by atoms with Crippen LogP contribution in [0.5, 0.6) is 0 Å². The van der Waals surface area contributed by atoms with E-state index in [-0.39, 0.29) is 23.7 Å². The molecule has 154 valence electrons. The van der Waals surface area contributed by atoms with E-state index in [1.807, 2.05) is 0 Å². The summed E-state index contributed by atoms with van der Waals surface area (Å²) in [6.45, 7) is 0.935. The second-order valence-electron chi connectivity index (χ2n) is 6.49. The minimum atomic E-state index is -0.559. The summed E-state index contributed by atoms with van der Waals surface area (Å²) in [5.74, 6) is -0.505. The molecule has 1 fully saturated rings. The van der Waals surface area contributed by atoms with Crippen molar-refractivity contribution in [2.24, 2.45) is 10.7 Å². The van der Waals surface area contributed by atoms with Gasteiger partial charge in [0, 0.05) is 57.9 Å². The Bertz CT molecular complexity index is 979. The molecular formula is C18H23FN8O2. The summed E-state index contributed by atoms with van der Waals surface area (Å²) in [4.78, 5) is 36.7. The molecule has 3 rings (SSSR count). The Balaban J connectivity index is 1.77. The number of anilines is 2. The highest BCUT2D eigenvalue weighted by Gasteiger charge is 2.29. The monoisotopic (exact) mass is 402 g/mol.